The maximum absolute atomic E-state index is 12.6. The first kappa shape index (κ1) is 6.73. The summed E-state index contributed by atoms with van der Waals surface area (Å²) in [7, 11) is 0. The highest BCUT2D eigenvalue weighted by Crippen LogP contribution is 2.41. The highest BCUT2D eigenvalue weighted by Gasteiger charge is 2.41. The highest BCUT2D eigenvalue weighted by molar-refractivity contribution is 5.22. The topological polar surface area (TPSA) is 38.9 Å². The molecule has 2 rings (SSSR count). The Morgan fingerprint density at radius 1 is 1.55 bits per heavy atom. The lowest BCUT2D eigenvalue weighted by Crippen LogP contribution is -2.20. The van der Waals surface area contributed by atoms with Gasteiger partial charge in [0.2, 0.25) is 0 Å². The van der Waals surface area contributed by atoms with Crippen LogP contribution in [0.15, 0.2) is 18.3 Å². The number of pyridine rings is 1. The summed E-state index contributed by atoms with van der Waals surface area (Å²) in [5.41, 5.74) is 6.17. The number of hydrogen-bond donors (Lipinski definition) is 1. The predicted octanol–water partition coefficient (Wildman–Crippen LogP) is 1.17. The summed E-state index contributed by atoms with van der Waals surface area (Å²) in [4.78, 5) is 4.01. The van der Waals surface area contributed by atoms with E-state index >= 15 is 0 Å². The molecule has 0 unspecified atom stereocenters. The lowest BCUT2D eigenvalue weighted by molar-refractivity contribution is 0.610. The molecule has 0 saturated heterocycles. The van der Waals surface area contributed by atoms with Gasteiger partial charge in [0.1, 0.15) is 5.82 Å². The zero-order valence-corrected chi connectivity index (χ0v) is 6.05. The second-order valence-electron chi connectivity index (χ2n) is 3.02. The third kappa shape index (κ3) is 1.12. The third-order valence-corrected chi connectivity index (χ3v) is 2.02. The Kier molecular flexibility index (Phi) is 1.23. The minimum atomic E-state index is -0.317. The minimum Gasteiger partial charge on any atom is -0.320 e. The van der Waals surface area contributed by atoms with Crippen molar-refractivity contribution in [2.75, 3.05) is 0 Å². The summed E-state index contributed by atoms with van der Waals surface area (Å²) in [5.74, 6) is -0.258. The maximum atomic E-state index is 12.6. The Hall–Kier alpha value is -0.960. The van der Waals surface area contributed by atoms with Gasteiger partial charge in [-0.1, -0.05) is 0 Å². The summed E-state index contributed by atoms with van der Waals surface area (Å²) in [6.45, 7) is 0. The molecule has 1 aromatic rings. The van der Waals surface area contributed by atoms with Gasteiger partial charge >= 0.3 is 0 Å². The zero-order chi connectivity index (χ0) is 7.90. The zero-order valence-electron chi connectivity index (χ0n) is 6.05. The monoisotopic (exact) mass is 152 g/mol. The molecule has 1 fully saturated rings. The van der Waals surface area contributed by atoms with Crippen molar-refractivity contribution in [2.24, 2.45) is 5.73 Å². The van der Waals surface area contributed by atoms with E-state index in [0.29, 0.717) is 5.69 Å². The summed E-state index contributed by atoms with van der Waals surface area (Å²) < 4.78 is 12.6. The molecule has 1 aliphatic carbocycles. The molecule has 0 bridgehead atoms. The molecule has 2 N–H and O–H groups in total. The number of halogens is 1. The van der Waals surface area contributed by atoms with Gasteiger partial charge in [0.05, 0.1) is 11.2 Å². The van der Waals surface area contributed by atoms with Gasteiger partial charge in [0.25, 0.3) is 0 Å². The van der Waals surface area contributed by atoms with E-state index in [4.69, 9.17) is 5.73 Å². The normalized spacial score (nSPS) is 19.8. The van der Waals surface area contributed by atoms with Gasteiger partial charge < -0.3 is 5.73 Å². The molecule has 11 heavy (non-hydrogen) atoms. The number of rotatable bonds is 1. The summed E-state index contributed by atoms with van der Waals surface area (Å²) in [5, 5.41) is 0. The quantitative estimate of drug-likeness (QED) is 0.656. The van der Waals surface area contributed by atoms with Gasteiger partial charge in [-0.25, -0.2) is 4.39 Å². The molecule has 0 radical (unpaired) electrons. The summed E-state index contributed by atoms with van der Waals surface area (Å²) in [6.07, 6.45) is 3.30. The fourth-order valence-corrected chi connectivity index (χ4v) is 1.07. The van der Waals surface area contributed by atoms with Crippen LogP contribution < -0.4 is 5.73 Å². The molecule has 3 heteroatoms. The lowest BCUT2D eigenvalue weighted by Gasteiger charge is -2.05. The van der Waals surface area contributed by atoms with Crippen LogP contribution in [0.25, 0.3) is 0 Å². The third-order valence-electron chi connectivity index (χ3n) is 2.02. The van der Waals surface area contributed by atoms with E-state index in [-0.39, 0.29) is 11.4 Å². The van der Waals surface area contributed by atoms with Crippen LogP contribution in [-0.2, 0) is 5.54 Å². The maximum Gasteiger partial charge on any atom is 0.126 e. The molecule has 0 atom stereocenters. The SMILES string of the molecule is NC1(c2cc(F)ccn2)CC1. The van der Waals surface area contributed by atoms with Crippen LogP contribution in [0.4, 0.5) is 4.39 Å². The van der Waals surface area contributed by atoms with Gasteiger partial charge in [-0.2, -0.15) is 0 Å². The van der Waals surface area contributed by atoms with E-state index in [9.17, 15) is 4.39 Å². The van der Waals surface area contributed by atoms with Crippen LogP contribution >= 0.6 is 0 Å². The van der Waals surface area contributed by atoms with Gasteiger partial charge in [-0.3, -0.25) is 4.98 Å². The van der Waals surface area contributed by atoms with Crippen molar-refractivity contribution in [1.29, 1.82) is 0 Å². The minimum absolute atomic E-state index is 0.258. The number of nitrogens with two attached hydrogens (primary N) is 1. The molecule has 0 spiro atoms. The summed E-state index contributed by atoms with van der Waals surface area (Å²) in [6, 6.07) is 2.74. The van der Waals surface area contributed by atoms with Crippen molar-refractivity contribution in [2.45, 2.75) is 18.4 Å². The van der Waals surface area contributed by atoms with Crippen molar-refractivity contribution >= 4 is 0 Å². The van der Waals surface area contributed by atoms with Gasteiger partial charge in [0, 0.05) is 6.20 Å². The van der Waals surface area contributed by atoms with Crippen LogP contribution in [-0.4, -0.2) is 4.98 Å². The van der Waals surface area contributed by atoms with Crippen LogP contribution in [0.3, 0.4) is 0 Å². The molecule has 2 nitrogen and oxygen atoms in total. The van der Waals surface area contributed by atoms with Crippen LogP contribution in [0.1, 0.15) is 18.5 Å². The van der Waals surface area contributed by atoms with Crippen LogP contribution in [0.5, 0.6) is 0 Å². The fourth-order valence-electron chi connectivity index (χ4n) is 1.07. The molecular weight excluding hydrogens is 143 g/mol. The second-order valence-corrected chi connectivity index (χ2v) is 3.02. The van der Waals surface area contributed by atoms with E-state index in [2.05, 4.69) is 4.98 Å². The Labute approximate surface area is 64.2 Å². The van der Waals surface area contributed by atoms with Gasteiger partial charge in [-0.05, 0) is 25.0 Å². The molecule has 0 amide bonds. The Bertz CT molecular complexity index is 281. The van der Waals surface area contributed by atoms with Crippen molar-refractivity contribution in [3.05, 3.63) is 29.8 Å². The Morgan fingerprint density at radius 2 is 2.27 bits per heavy atom. The van der Waals surface area contributed by atoms with Crippen LogP contribution in [0.2, 0.25) is 0 Å². The van der Waals surface area contributed by atoms with E-state index < -0.39 is 0 Å². The first-order chi connectivity index (χ1) is 5.21. The molecule has 1 heterocycles. The van der Waals surface area contributed by atoms with Crippen molar-refractivity contribution < 1.29 is 4.39 Å². The molecule has 58 valence electrons. The predicted molar refractivity (Wildman–Crippen MR) is 39.3 cm³/mol. The van der Waals surface area contributed by atoms with E-state index in [1.807, 2.05) is 0 Å². The molecular formula is C8H9FN2. The first-order valence-electron chi connectivity index (χ1n) is 3.62. The van der Waals surface area contributed by atoms with Gasteiger partial charge in [-0.15, -0.1) is 0 Å². The van der Waals surface area contributed by atoms with E-state index in [0.717, 1.165) is 12.8 Å². The second kappa shape index (κ2) is 2.01. The molecule has 1 saturated carbocycles. The molecule has 0 aromatic carbocycles. The fraction of sp³-hybridized carbons (Fsp3) is 0.375. The first-order valence-corrected chi connectivity index (χ1v) is 3.62. The largest absolute Gasteiger partial charge is 0.320 e. The number of nitrogens with zero attached hydrogens (tertiary/aromatic N) is 1. The smallest absolute Gasteiger partial charge is 0.126 e. The van der Waals surface area contributed by atoms with Crippen molar-refractivity contribution in [3.8, 4) is 0 Å². The molecule has 1 aliphatic rings. The average molecular weight is 152 g/mol. The average Bonchev–Trinajstić information content (AvgIpc) is 2.70. The Morgan fingerprint density at radius 3 is 2.82 bits per heavy atom. The van der Waals surface area contributed by atoms with E-state index in [1.54, 1.807) is 0 Å². The van der Waals surface area contributed by atoms with Crippen molar-refractivity contribution in [3.63, 3.8) is 0 Å². The summed E-state index contributed by atoms with van der Waals surface area (Å²) >= 11 is 0. The Balaban J connectivity index is 2.38. The number of hydrogen-bond acceptors (Lipinski definition) is 2. The molecule has 0 aliphatic heterocycles. The van der Waals surface area contributed by atoms with Gasteiger partial charge in [0.15, 0.2) is 0 Å². The van der Waals surface area contributed by atoms with E-state index in [1.165, 1.54) is 18.3 Å². The lowest BCUT2D eigenvalue weighted by atomic mass is 10.2. The highest BCUT2D eigenvalue weighted by atomic mass is 19.1. The van der Waals surface area contributed by atoms with Crippen LogP contribution in [0, 0.1) is 5.82 Å². The molecule has 1 aromatic heterocycles. The van der Waals surface area contributed by atoms with Crippen molar-refractivity contribution in [1.82, 2.24) is 4.98 Å². The number of aromatic nitrogens is 1. The standard InChI is InChI=1S/C8H9FN2/c9-6-1-4-11-7(5-6)8(10)2-3-8/h1,4-5H,2-3,10H2.